The Morgan fingerprint density at radius 3 is 2.70 bits per heavy atom. The number of aryl methyl sites for hydroxylation is 1. The summed E-state index contributed by atoms with van der Waals surface area (Å²) in [7, 11) is -1.78. The van der Waals surface area contributed by atoms with Gasteiger partial charge in [-0.1, -0.05) is 0 Å². The molecule has 1 aliphatic rings. The normalized spacial score (nSPS) is 16.9. The van der Waals surface area contributed by atoms with Gasteiger partial charge < -0.3 is 9.30 Å². The molecule has 0 bridgehead atoms. The number of aromatic nitrogens is 2. The molecule has 2 rings (SSSR count). The van der Waals surface area contributed by atoms with Gasteiger partial charge in [0.1, 0.15) is 0 Å². The number of hydrogen-bond donors (Lipinski definition) is 1. The Hall–Kier alpha value is -0.670. The van der Waals surface area contributed by atoms with Crippen LogP contribution >= 0.6 is 12.4 Å². The number of sulfonamides is 1. The highest BCUT2D eigenvalue weighted by molar-refractivity contribution is 7.89. The van der Waals surface area contributed by atoms with Gasteiger partial charge in [-0.25, -0.2) is 18.1 Å². The minimum Gasteiger partial charge on any atom is -0.379 e. The van der Waals surface area contributed by atoms with Gasteiger partial charge in [-0.05, 0) is 13.0 Å². The average molecular weight is 325 g/mol. The second-order valence-corrected chi connectivity index (χ2v) is 6.26. The Morgan fingerprint density at radius 1 is 1.40 bits per heavy atom. The number of ether oxygens (including phenoxy) is 1. The lowest BCUT2D eigenvalue weighted by atomic mass is 10.3. The zero-order valence-electron chi connectivity index (χ0n) is 11.5. The topological polar surface area (TPSA) is 76.5 Å². The molecular formula is C11H21ClN4O3S. The fraction of sp³-hybridized carbons (Fsp3) is 0.727. The summed E-state index contributed by atoms with van der Waals surface area (Å²) in [5.74, 6) is 0. The monoisotopic (exact) mass is 324 g/mol. The first kappa shape index (κ1) is 17.4. The summed E-state index contributed by atoms with van der Waals surface area (Å²) in [5, 5.41) is 0.193. The molecule has 1 aliphatic heterocycles. The zero-order valence-corrected chi connectivity index (χ0v) is 13.1. The van der Waals surface area contributed by atoms with E-state index in [0.717, 1.165) is 39.3 Å². The molecular weight excluding hydrogens is 304 g/mol. The maximum atomic E-state index is 12.0. The van der Waals surface area contributed by atoms with Crippen LogP contribution in [0.4, 0.5) is 0 Å². The lowest BCUT2D eigenvalue weighted by Gasteiger charge is -2.26. The summed E-state index contributed by atoms with van der Waals surface area (Å²) in [6.07, 6.45) is 3.61. The Kier molecular flexibility index (Phi) is 6.90. The molecule has 1 aromatic rings. The molecule has 2 heterocycles. The summed E-state index contributed by atoms with van der Waals surface area (Å²) < 4.78 is 33.3. The van der Waals surface area contributed by atoms with Crippen molar-refractivity contribution in [2.24, 2.45) is 7.05 Å². The molecule has 0 spiro atoms. The highest BCUT2D eigenvalue weighted by atomic mass is 35.5. The molecule has 1 aromatic heterocycles. The van der Waals surface area contributed by atoms with Crippen molar-refractivity contribution in [2.45, 2.75) is 11.4 Å². The van der Waals surface area contributed by atoms with E-state index in [0.29, 0.717) is 6.54 Å². The van der Waals surface area contributed by atoms with Crippen molar-refractivity contribution in [2.75, 3.05) is 39.4 Å². The molecule has 0 unspecified atom stereocenters. The number of nitrogens with zero attached hydrogens (tertiary/aromatic N) is 3. The molecule has 0 aromatic carbocycles. The van der Waals surface area contributed by atoms with E-state index in [-0.39, 0.29) is 17.4 Å². The van der Waals surface area contributed by atoms with E-state index < -0.39 is 10.0 Å². The predicted octanol–water partition coefficient (Wildman–Crippen LogP) is -0.157. The molecule has 9 heteroatoms. The molecule has 0 saturated carbocycles. The standard InChI is InChI=1S/C11H20N4O3S.ClH/c1-14-10-12-9-11(14)19(16,17)13-3-2-4-15-5-7-18-8-6-15;/h9-10,13H,2-8H2,1H3;1H. The third-order valence-corrected chi connectivity index (χ3v) is 4.62. The van der Waals surface area contributed by atoms with E-state index in [1.807, 2.05) is 0 Å². The fourth-order valence-corrected chi connectivity index (χ4v) is 3.20. The molecule has 0 radical (unpaired) electrons. The van der Waals surface area contributed by atoms with E-state index >= 15 is 0 Å². The van der Waals surface area contributed by atoms with E-state index in [9.17, 15) is 8.42 Å². The number of nitrogens with one attached hydrogen (secondary N) is 1. The SMILES string of the molecule is Cl.Cn1cncc1S(=O)(=O)NCCCN1CCOCC1. The van der Waals surface area contributed by atoms with Gasteiger partial charge in [-0.15, -0.1) is 12.4 Å². The Labute approximate surface area is 125 Å². The first-order valence-electron chi connectivity index (χ1n) is 6.36. The molecule has 116 valence electrons. The van der Waals surface area contributed by atoms with Crippen LogP contribution < -0.4 is 4.72 Å². The Bertz CT molecular complexity index is 500. The van der Waals surface area contributed by atoms with Crippen molar-refractivity contribution in [3.63, 3.8) is 0 Å². The lowest BCUT2D eigenvalue weighted by Crippen LogP contribution is -2.38. The Morgan fingerprint density at radius 2 is 2.10 bits per heavy atom. The van der Waals surface area contributed by atoms with Crippen LogP contribution in [-0.4, -0.2) is 62.3 Å². The van der Waals surface area contributed by atoms with Gasteiger partial charge in [0.2, 0.25) is 0 Å². The van der Waals surface area contributed by atoms with Crippen molar-refractivity contribution in [1.29, 1.82) is 0 Å². The van der Waals surface area contributed by atoms with Crippen LogP contribution in [0.1, 0.15) is 6.42 Å². The quantitative estimate of drug-likeness (QED) is 0.736. The first-order chi connectivity index (χ1) is 9.09. The van der Waals surface area contributed by atoms with Crippen LogP contribution in [0.25, 0.3) is 0 Å². The van der Waals surface area contributed by atoms with Crippen LogP contribution in [0, 0.1) is 0 Å². The zero-order chi connectivity index (χ0) is 13.7. The molecule has 7 nitrogen and oxygen atoms in total. The largest absolute Gasteiger partial charge is 0.379 e. The second-order valence-electron chi connectivity index (χ2n) is 4.55. The molecule has 1 N–H and O–H groups in total. The van der Waals surface area contributed by atoms with E-state index in [4.69, 9.17) is 4.74 Å². The number of hydrogen-bond acceptors (Lipinski definition) is 5. The minimum absolute atomic E-state index is 0. The fourth-order valence-electron chi connectivity index (χ4n) is 2.01. The number of halogens is 1. The highest BCUT2D eigenvalue weighted by Crippen LogP contribution is 2.05. The van der Waals surface area contributed by atoms with E-state index in [2.05, 4.69) is 14.6 Å². The summed E-state index contributed by atoms with van der Waals surface area (Å²) in [4.78, 5) is 6.09. The predicted molar refractivity (Wildman–Crippen MR) is 77.5 cm³/mol. The Balaban J connectivity index is 0.00000200. The van der Waals surface area contributed by atoms with Gasteiger partial charge in [0, 0.05) is 26.7 Å². The van der Waals surface area contributed by atoms with Crippen molar-refractivity contribution in [3.05, 3.63) is 12.5 Å². The summed E-state index contributed by atoms with van der Waals surface area (Å²) in [6.45, 7) is 4.70. The molecule has 0 amide bonds. The first-order valence-corrected chi connectivity index (χ1v) is 7.84. The maximum Gasteiger partial charge on any atom is 0.257 e. The number of imidazole rings is 1. The van der Waals surface area contributed by atoms with Gasteiger partial charge in [-0.2, -0.15) is 0 Å². The minimum atomic E-state index is -3.44. The van der Waals surface area contributed by atoms with Crippen molar-refractivity contribution < 1.29 is 13.2 Å². The summed E-state index contributed by atoms with van der Waals surface area (Å²) in [5.41, 5.74) is 0. The lowest BCUT2D eigenvalue weighted by molar-refractivity contribution is 0.0376. The van der Waals surface area contributed by atoms with Gasteiger partial charge in [-0.3, -0.25) is 4.90 Å². The molecule has 1 fully saturated rings. The van der Waals surface area contributed by atoms with Crippen LogP contribution in [0.5, 0.6) is 0 Å². The third kappa shape index (κ3) is 4.71. The molecule has 0 atom stereocenters. The van der Waals surface area contributed by atoms with Crippen LogP contribution in [0.15, 0.2) is 17.6 Å². The van der Waals surface area contributed by atoms with Crippen LogP contribution in [-0.2, 0) is 21.8 Å². The summed E-state index contributed by atoms with van der Waals surface area (Å²) in [6, 6.07) is 0. The van der Waals surface area contributed by atoms with E-state index in [1.165, 1.54) is 17.1 Å². The summed E-state index contributed by atoms with van der Waals surface area (Å²) >= 11 is 0. The maximum absolute atomic E-state index is 12.0. The van der Waals surface area contributed by atoms with Gasteiger partial charge >= 0.3 is 0 Å². The number of rotatable bonds is 6. The van der Waals surface area contributed by atoms with Gasteiger partial charge in [0.05, 0.1) is 25.7 Å². The van der Waals surface area contributed by atoms with Crippen LogP contribution in [0.2, 0.25) is 0 Å². The molecule has 1 saturated heterocycles. The highest BCUT2D eigenvalue weighted by Gasteiger charge is 2.17. The van der Waals surface area contributed by atoms with Gasteiger partial charge in [0.15, 0.2) is 5.03 Å². The molecule has 20 heavy (non-hydrogen) atoms. The van der Waals surface area contributed by atoms with Crippen molar-refractivity contribution >= 4 is 22.4 Å². The second kappa shape index (κ2) is 7.94. The average Bonchev–Trinajstić information content (AvgIpc) is 2.83. The smallest absolute Gasteiger partial charge is 0.257 e. The van der Waals surface area contributed by atoms with Crippen LogP contribution in [0.3, 0.4) is 0 Å². The van der Waals surface area contributed by atoms with E-state index in [1.54, 1.807) is 7.05 Å². The third-order valence-electron chi connectivity index (χ3n) is 3.09. The van der Waals surface area contributed by atoms with Crippen molar-refractivity contribution in [1.82, 2.24) is 19.2 Å². The molecule has 0 aliphatic carbocycles. The number of morpholine rings is 1. The van der Waals surface area contributed by atoms with Gasteiger partial charge in [0.25, 0.3) is 10.0 Å². The van der Waals surface area contributed by atoms with Crippen molar-refractivity contribution in [3.8, 4) is 0 Å².